The fourth-order valence-electron chi connectivity index (χ4n) is 0. The fourth-order valence-corrected chi connectivity index (χ4v) is 0. The molecule has 0 aliphatic rings. The molecule has 0 unspecified atom stereocenters. The van der Waals surface area contributed by atoms with Crippen LogP contribution in [0.4, 0.5) is 0 Å². The van der Waals surface area contributed by atoms with Crippen molar-refractivity contribution in [1.29, 1.82) is 0 Å². The Balaban J connectivity index is -0.0000000800. The van der Waals surface area contributed by atoms with Crippen LogP contribution in [0, 0.1) is 0 Å². The Morgan fingerprint density at radius 2 is 0.714 bits per heavy atom. The van der Waals surface area contributed by atoms with E-state index in [1.54, 1.807) is 0 Å². The molecule has 0 aliphatic heterocycles. The van der Waals surface area contributed by atoms with Gasteiger partial charge in [0.2, 0.25) is 0 Å². The molecule has 0 rings (SSSR count). The fraction of sp³-hybridized carbons (Fsp3) is 1.00. The Labute approximate surface area is 62.8 Å². The van der Waals surface area contributed by atoms with E-state index < -0.39 is 18.4 Å². The van der Waals surface area contributed by atoms with Gasteiger partial charge in [-0.05, 0) is 0 Å². The van der Waals surface area contributed by atoms with Gasteiger partial charge in [0, 0.05) is 0 Å². The Morgan fingerprint density at radius 3 is 0.714 bits per heavy atom. The number of hydrogen-bond donors (Lipinski definition) is 0. The third-order valence-electron chi connectivity index (χ3n) is 0. The Hall–Kier alpha value is 1.38. The van der Waals surface area contributed by atoms with Crippen LogP contribution in [0.25, 0.3) is 0 Å². The zero-order valence-corrected chi connectivity index (χ0v) is 9.80. The van der Waals surface area contributed by atoms with E-state index in [4.69, 9.17) is 0 Å². The van der Waals surface area contributed by atoms with Crippen molar-refractivity contribution >= 4 is 43.2 Å². The van der Waals surface area contributed by atoms with Crippen LogP contribution >= 0.6 is 24.8 Å². The Kier molecular flexibility index (Phi) is 12.4. The Bertz CT molecular complexity index is 25.2. The summed E-state index contributed by atoms with van der Waals surface area (Å²) in [5.41, 5.74) is 0. The first-order valence-corrected chi connectivity index (χ1v) is 13.4. The van der Waals surface area contributed by atoms with Gasteiger partial charge in [0.05, 0.1) is 0 Å². The van der Waals surface area contributed by atoms with Crippen LogP contribution in [0.5, 0.6) is 0 Å². The van der Waals surface area contributed by atoms with E-state index in [1.807, 2.05) is 0 Å². The summed E-state index contributed by atoms with van der Waals surface area (Å²) < 4.78 is 0. The molecule has 0 saturated carbocycles. The van der Waals surface area contributed by atoms with Gasteiger partial charge in [-0.3, -0.25) is 0 Å². The van der Waals surface area contributed by atoms with Gasteiger partial charge in [-0.1, -0.05) is 0 Å². The van der Waals surface area contributed by atoms with E-state index in [-0.39, 0.29) is 24.8 Å². The van der Waals surface area contributed by atoms with Gasteiger partial charge in [0.1, 0.15) is 0 Å². The van der Waals surface area contributed by atoms with Gasteiger partial charge >= 0.3 is 38.1 Å². The first kappa shape index (κ1) is 15.8. The van der Waals surface area contributed by atoms with E-state index in [2.05, 4.69) is 19.8 Å². The maximum atomic E-state index is 2.40. The average Bonchev–Trinajstić information content (AvgIpc) is 0.722. The van der Waals surface area contributed by atoms with E-state index >= 15 is 0 Å². The molecule has 0 heterocycles. The predicted molar refractivity (Wildman–Crippen MR) is 43.7 cm³/mol. The quantitative estimate of drug-likeness (QED) is 0.581. The van der Waals surface area contributed by atoms with E-state index in [0.717, 1.165) is 0 Å². The van der Waals surface area contributed by atoms with Crippen molar-refractivity contribution < 1.29 is 0 Å². The standard InChI is InChI=1S/4CH3.2ClH.Sn/h4*1H3;2*1H;. The minimum absolute atomic E-state index is 0. The van der Waals surface area contributed by atoms with Gasteiger partial charge in [0.25, 0.3) is 0 Å². The zero-order chi connectivity index (χ0) is 4.50. The summed E-state index contributed by atoms with van der Waals surface area (Å²) in [5, 5.41) is 0. The Morgan fingerprint density at radius 1 is 0.714 bits per heavy atom. The van der Waals surface area contributed by atoms with Crippen molar-refractivity contribution in [3.63, 3.8) is 0 Å². The molecule has 0 radical (unpaired) electrons. The molecular weight excluding hydrogens is 238 g/mol. The van der Waals surface area contributed by atoms with Crippen molar-refractivity contribution in [2.45, 2.75) is 19.8 Å². The molecule has 0 spiro atoms. The molecule has 0 saturated heterocycles. The molecule has 0 N–H and O–H groups in total. The van der Waals surface area contributed by atoms with E-state index in [1.165, 1.54) is 0 Å². The molecule has 0 aromatic heterocycles. The molecule has 0 nitrogen and oxygen atoms in total. The predicted octanol–water partition coefficient (Wildman–Crippen LogP) is 2.80. The molecule has 0 amide bonds. The van der Waals surface area contributed by atoms with Crippen molar-refractivity contribution in [2.24, 2.45) is 0 Å². The molecule has 0 bridgehead atoms. The summed E-state index contributed by atoms with van der Waals surface area (Å²) in [5.74, 6) is 0. The molecule has 0 aliphatic carbocycles. The van der Waals surface area contributed by atoms with Gasteiger partial charge in [-0.2, -0.15) is 0 Å². The molecule has 7 heavy (non-hydrogen) atoms. The minimum atomic E-state index is -1.18. The van der Waals surface area contributed by atoms with Gasteiger partial charge in [-0.15, -0.1) is 24.8 Å². The van der Waals surface area contributed by atoms with Crippen molar-refractivity contribution in [3.8, 4) is 0 Å². The normalized spacial score (nSPS) is 8.57. The summed E-state index contributed by atoms with van der Waals surface area (Å²) in [6.07, 6.45) is 0. The van der Waals surface area contributed by atoms with Crippen LogP contribution in [0.15, 0.2) is 0 Å². The van der Waals surface area contributed by atoms with Crippen LogP contribution in [0.1, 0.15) is 0 Å². The topological polar surface area (TPSA) is 0 Å². The third kappa shape index (κ3) is 112. The number of halogens is 2. The summed E-state index contributed by atoms with van der Waals surface area (Å²) in [7, 11) is 0. The molecule has 0 atom stereocenters. The molecule has 0 fully saturated rings. The third-order valence-corrected chi connectivity index (χ3v) is 0. The summed E-state index contributed by atoms with van der Waals surface area (Å²) in [6, 6.07) is 0. The first-order chi connectivity index (χ1) is 2.00. The van der Waals surface area contributed by atoms with Crippen LogP contribution in [-0.4, -0.2) is 18.4 Å². The van der Waals surface area contributed by atoms with E-state index in [9.17, 15) is 0 Å². The van der Waals surface area contributed by atoms with Crippen LogP contribution in [0.2, 0.25) is 19.8 Å². The second-order valence-corrected chi connectivity index (χ2v) is 20.1. The zero-order valence-electron chi connectivity index (χ0n) is 5.32. The summed E-state index contributed by atoms with van der Waals surface area (Å²) in [6.45, 7) is 0. The SMILES string of the molecule is Cl.Cl.[CH3][Sn]([CH3])([CH3])[CH3]. The second-order valence-electron chi connectivity index (χ2n) is 3.00. The van der Waals surface area contributed by atoms with Crippen LogP contribution in [0.3, 0.4) is 0 Å². The second kappa shape index (κ2) is 5.51. The summed E-state index contributed by atoms with van der Waals surface area (Å²) in [4.78, 5) is 9.59. The number of hydrogen-bond acceptors (Lipinski definition) is 0. The van der Waals surface area contributed by atoms with Crippen LogP contribution in [-0.2, 0) is 0 Å². The molecule has 0 aromatic carbocycles. The summed E-state index contributed by atoms with van der Waals surface area (Å²) >= 11 is -1.18. The van der Waals surface area contributed by atoms with Gasteiger partial charge in [-0.25, -0.2) is 0 Å². The van der Waals surface area contributed by atoms with Crippen LogP contribution < -0.4 is 0 Å². The van der Waals surface area contributed by atoms with Crippen molar-refractivity contribution in [2.75, 3.05) is 0 Å². The first-order valence-electron chi connectivity index (χ1n) is 2.00. The average molecular weight is 252 g/mol. The maximum absolute atomic E-state index is 2.40. The van der Waals surface area contributed by atoms with Crippen molar-refractivity contribution in [3.05, 3.63) is 0 Å². The molecule has 48 valence electrons. The number of rotatable bonds is 0. The monoisotopic (exact) mass is 252 g/mol. The molecule has 3 heteroatoms. The van der Waals surface area contributed by atoms with E-state index in [0.29, 0.717) is 0 Å². The van der Waals surface area contributed by atoms with Gasteiger partial charge < -0.3 is 0 Å². The van der Waals surface area contributed by atoms with Crippen molar-refractivity contribution in [1.82, 2.24) is 0 Å². The molecular formula is C4H14Cl2Sn. The van der Waals surface area contributed by atoms with Gasteiger partial charge in [0.15, 0.2) is 0 Å². The molecule has 0 aromatic rings.